The van der Waals surface area contributed by atoms with Crippen molar-refractivity contribution in [3.63, 3.8) is 0 Å². The number of amides is 1. The lowest BCUT2D eigenvalue weighted by Crippen LogP contribution is -2.57. The van der Waals surface area contributed by atoms with E-state index in [9.17, 15) is 4.79 Å². The average Bonchev–Trinajstić information content (AvgIpc) is 2.61. The molecule has 0 N–H and O–H groups in total. The van der Waals surface area contributed by atoms with Gasteiger partial charge in [0, 0.05) is 38.6 Å². The van der Waals surface area contributed by atoms with E-state index in [4.69, 9.17) is 0 Å². The van der Waals surface area contributed by atoms with E-state index in [0.29, 0.717) is 17.9 Å². The zero-order valence-electron chi connectivity index (χ0n) is 15.9. The summed E-state index contributed by atoms with van der Waals surface area (Å²) in [4.78, 5) is 19.4. The first-order valence-electron chi connectivity index (χ1n) is 9.84. The van der Waals surface area contributed by atoms with Gasteiger partial charge in [-0.15, -0.1) is 0 Å². The molecule has 0 spiro atoms. The second kappa shape index (κ2) is 8.81. The second-order valence-corrected chi connectivity index (χ2v) is 7.93. The normalized spacial score (nSPS) is 24.6. The lowest BCUT2D eigenvalue weighted by atomic mass is 9.83. The zero-order chi connectivity index (χ0) is 17.6. The number of fused-ring (bicyclic) bond motifs is 1. The van der Waals surface area contributed by atoms with Crippen molar-refractivity contribution in [1.29, 1.82) is 0 Å². The topological polar surface area (TPSA) is 26.8 Å². The molecule has 2 atom stereocenters. The van der Waals surface area contributed by atoms with E-state index in [1.807, 2.05) is 0 Å². The summed E-state index contributed by atoms with van der Waals surface area (Å²) >= 11 is 0. The number of hydrogen-bond donors (Lipinski definition) is 0. The summed E-state index contributed by atoms with van der Waals surface area (Å²) in [6.45, 7) is 5.35. The fourth-order valence-electron chi connectivity index (χ4n) is 4.38. The summed E-state index contributed by atoms with van der Waals surface area (Å²) < 4.78 is 0. The maximum Gasteiger partial charge on any atom is 0.222 e. The number of hydrogen-bond acceptors (Lipinski definition) is 3. The summed E-state index contributed by atoms with van der Waals surface area (Å²) in [5.41, 5.74) is 1.44. The number of nitrogens with zero attached hydrogens (tertiary/aromatic N) is 3. The molecule has 0 bridgehead atoms. The lowest BCUT2D eigenvalue weighted by molar-refractivity contribution is -0.141. The SMILES string of the molecule is CN(C)CCN1C(=O)CC[C@@H]2CN(CCCc3ccccc3)CC[C@@H]21. The minimum absolute atomic E-state index is 0.376. The minimum Gasteiger partial charge on any atom is -0.338 e. The average molecular weight is 344 g/mol. The minimum atomic E-state index is 0.376. The third-order valence-electron chi connectivity index (χ3n) is 5.80. The standard InChI is InChI=1S/C21H33N3O/c1-22(2)15-16-24-20-12-14-23(17-19(20)10-11-21(24)25)13-6-9-18-7-4-3-5-8-18/h3-5,7-8,19-20H,6,9-17H2,1-2H3/t19-,20+/m1/s1. The van der Waals surface area contributed by atoms with Crippen LogP contribution in [0.15, 0.2) is 30.3 Å². The number of likely N-dealkylation sites (N-methyl/N-ethyl adjacent to an activating group) is 1. The van der Waals surface area contributed by atoms with E-state index >= 15 is 0 Å². The van der Waals surface area contributed by atoms with Gasteiger partial charge in [0.25, 0.3) is 0 Å². The van der Waals surface area contributed by atoms with Gasteiger partial charge in [-0.25, -0.2) is 0 Å². The molecule has 1 aromatic rings. The van der Waals surface area contributed by atoms with E-state index in [0.717, 1.165) is 38.9 Å². The van der Waals surface area contributed by atoms with Gasteiger partial charge in [-0.05, 0) is 57.8 Å². The van der Waals surface area contributed by atoms with Crippen LogP contribution in [0.1, 0.15) is 31.2 Å². The van der Waals surface area contributed by atoms with Crippen molar-refractivity contribution in [1.82, 2.24) is 14.7 Å². The van der Waals surface area contributed by atoms with Crippen molar-refractivity contribution in [3.8, 4) is 0 Å². The van der Waals surface area contributed by atoms with Crippen LogP contribution in [-0.4, -0.2) is 73.5 Å². The molecule has 2 aliphatic rings. The summed E-state index contributed by atoms with van der Waals surface area (Å²) in [6, 6.07) is 11.3. The van der Waals surface area contributed by atoms with Crippen LogP contribution in [-0.2, 0) is 11.2 Å². The molecule has 0 saturated carbocycles. The molecular weight excluding hydrogens is 310 g/mol. The van der Waals surface area contributed by atoms with Gasteiger partial charge >= 0.3 is 0 Å². The highest BCUT2D eigenvalue weighted by Crippen LogP contribution is 2.31. The third-order valence-corrected chi connectivity index (χ3v) is 5.80. The maximum absolute atomic E-state index is 12.4. The molecule has 0 aliphatic carbocycles. The Morgan fingerprint density at radius 3 is 2.68 bits per heavy atom. The van der Waals surface area contributed by atoms with Gasteiger partial charge in [-0.1, -0.05) is 30.3 Å². The maximum atomic E-state index is 12.4. The molecule has 1 amide bonds. The van der Waals surface area contributed by atoms with Crippen molar-refractivity contribution in [2.24, 2.45) is 5.92 Å². The molecule has 1 aromatic carbocycles. The van der Waals surface area contributed by atoms with Crippen LogP contribution in [0, 0.1) is 5.92 Å². The highest BCUT2D eigenvalue weighted by molar-refractivity contribution is 5.77. The number of carbonyl (C=O) groups excluding carboxylic acids is 1. The fourth-order valence-corrected chi connectivity index (χ4v) is 4.38. The molecule has 0 radical (unpaired) electrons. The van der Waals surface area contributed by atoms with Gasteiger partial charge in [-0.2, -0.15) is 0 Å². The van der Waals surface area contributed by atoms with Crippen LogP contribution < -0.4 is 0 Å². The highest BCUT2D eigenvalue weighted by atomic mass is 16.2. The molecule has 4 nitrogen and oxygen atoms in total. The Hall–Kier alpha value is -1.39. The molecule has 2 saturated heterocycles. The Labute approximate surface area is 152 Å². The highest BCUT2D eigenvalue weighted by Gasteiger charge is 2.38. The molecule has 2 aliphatic heterocycles. The van der Waals surface area contributed by atoms with Crippen molar-refractivity contribution in [2.75, 3.05) is 46.8 Å². The quantitative estimate of drug-likeness (QED) is 0.761. The predicted octanol–water partition coefficient (Wildman–Crippen LogP) is 2.49. The first-order valence-corrected chi connectivity index (χ1v) is 9.84. The van der Waals surface area contributed by atoms with E-state index in [2.05, 4.69) is 59.1 Å². The Kier molecular flexibility index (Phi) is 6.49. The summed E-state index contributed by atoms with van der Waals surface area (Å²) in [6.07, 6.45) is 5.36. The van der Waals surface area contributed by atoms with Gasteiger partial charge in [0.1, 0.15) is 0 Å². The van der Waals surface area contributed by atoms with Crippen LogP contribution in [0.3, 0.4) is 0 Å². The van der Waals surface area contributed by atoms with Gasteiger partial charge in [0.05, 0.1) is 0 Å². The Balaban J connectivity index is 1.47. The van der Waals surface area contributed by atoms with E-state index in [1.165, 1.54) is 31.5 Å². The van der Waals surface area contributed by atoms with Gasteiger partial charge in [-0.3, -0.25) is 4.79 Å². The zero-order valence-corrected chi connectivity index (χ0v) is 15.9. The fraction of sp³-hybridized carbons (Fsp3) is 0.667. The van der Waals surface area contributed by atoms with Crippen LogP contribution >= 0.6 is 0 Å². The Morgan fingerprint density at radius 1 is 1.12 bits per heavy atom. The molecule has 138 valence electrons. The second-order valence-electron chi connectivity index (χ2n) is 7.93. The Morgan fingerprint density at radius 2 is 1.92 bits per heavy atom. The number of likely N-dealkylation sites (tertiary alicyclic amines) is 2. The van der Waals surface area contributed by atoms with Crippen molar-refractivity contribution in [3.05, 3.63) is 35.9 Å². The molecule has 2 heterocycles. The molecule has 2 fully saturated rings. The molecule has 0 unspecified atom stereocenters. The first-order chi connectivity index (χ1) is 12.1. The summed E-state index contributed by atoms with van der Waals surface area (Å²) in [5.74, 6) is 1.05. The van der Waals surface area contributed by atoms with Crippen LogP contribution in [0.25, 0.3) is 0 Å². The molecule has 4 heteroatoms. The van der Waals surface area contributed by atoms with Crippen molar-refractivity contribution in [2.45, 2.75) is 38.1 Å². The molecule has 0 aromatic heterocycles. The molecule has 3 rings (SSSR count). The van der Waals surface area contributed by atoms with Crippen LogP contribution in [0.5, 0.6) is 0 Å². The summed E-state index contributed by atoms with van der Waals surface area (Å²) in [7, 11) is 4.17. The van der Waals surface area contributed by atoms with Gasteiger partial charge < -0.3 is 14.7 Å². The summed E-state index contributed by atoms with van der Waals surface area (Å²) in [5, 5.41) is 0. The van der Waals surface area contributed by atoms with Crippen LogP contribution in [0.4, 0.5) is 0 Å². The molecular formula is C21H33N3O. The van der Waals surface area contributed by atoms with Crippen molar-refractivity contribution >= 4 is 5.91 Å². The number of carbonyl (C=O) groups is 1. The number of aryl methyl sites for hydroxylation is 1. The molecule has 25 heavy (non-hydrogen) atoms. The smallest absolute Gasteiger partial charge is 0.222 e. The van der Waals surface area contributed by atoms with Crippen molar-refractivity contribution < 1.29 is 4.79 Å². The first kappa shape index (κ1) is 18.4. The number of benzene rings is 1. The lowest BCUT2D eigenvalue weighted by Gasteiger charge is -2.47. The monoisotopic (exact) mass is 343 g/mol. The van der Waals surface area contributed by atoms with E-state index < -0.39 is 0 Å². The van der Waals surface area contributed by atoms with E-state index in [1.54, 1.807) is 0 Å². The Bertz CT molecular complexity index is 545. The number of piperidine rings is 2. The van der Waals surface area contributed by atoms with Gasteiger partial charge in [0.15, 0.2) is 0 Å². The predicted molar refractivity (Wildman–Crippen MR) is 103 cm³/mol. The number of rotatable bonds is 7. The van der Waals surface area contributed by atoms with Gasteiger partial charge in [0.2, 0.25) is 5.91 Å². The van der Waals surface area contributed by atoms with E-state index in [-0.39, 0.29) is 0 Å². The van der Waals surface area contributed by atoms with Crippen LogP contribution in [0.2, 0.25) is 0 Å². The third kappa shape index (κ3) is 5.05. The largest absolute Gasteiger partial charge is 0.338 e.